The van der Waals surface area contributed by atoms with E-state index < -0.39 is 0 Å². The number of ether oxygens (including phenoxy) is 1. The average molecular weight is 226 g/mol. The first kappa shape index (κ1) is 12.3. The van der Waals surface area contributed by atoms with Crippen LogP contribution in [0.25, 0.3) is 0 Å². The van der Waals surface area contributed by atoms with Crippen LogP contribution in [0.2, 0.25) is 0 Å². The number of likely N-dealkylation sites (tertiary alicyclic amines) is 1. The summed E-state index contributed by atoms with van der Waals surface area (Å²) in [5.74, 6) is 0. The standard InChI is InChI=1S/C13H26N2O/c1-3-12-5-4-11(2)15(12)8-6-13-10-14-7-9-16-13/h11-14H,3-10H2,1-2H3. The van der Waals surface area contributed by atoms with E-state index in [1.165, 1.54) is 32.2 Å². The van der Waals surface area contributed by atoms with Crippen LogP contribution in [0.3, 0.4) is 0 Å². The quantitative estimate of drug-likeness (QED) is 0.788. The fourth-order valence-electron chi connectivity index (χ4n) is 3.06. The minimum Gasteiger partial charge on any atom is -0.376 e. The molecular weight excluding hydrogens is 200 g/mol. The van der Waals surface area contributed by atoms with E-state index in [9.17, 15) is 0 Å². The minimum atomic E-state index is 0.444. The first-order chi connectivity index (χ1) is 7.81. The number of hydrogen-bond donors (Lipinski definition) is 1. The average Bonchev–Trinajstić information content (AvgIpc) is 2.69. The lowest BCUT2D eigenvalue weighted by atomic mass is 10.1. The van der Waals surface area contributed by atoms with Crippen LogP contribution in [0.1, 0.15) is 39.5 Å². The molecule has 0 aromatic rings. The first-order valence-corrected chi connectivity index (χ1v) is 6.89. The second kappa shape index (κ2) is 5.99. The maximum absolute atomic E-state index is 5.75. The van der Waals surface area contributed by atoms with Gasteiger partial charge in [-0.15, -0.1) is 0 Å². The predicted octanol–water partition coefficient (Wildman–Crippen LogP) is 1.63. The van der Waals surface area contributed by atoms with Crippen LogP contribution in [0, 0.1) is 0 Å². The van der Waals surface area contributed by atoms with E-state index in [2.05, 4.69) is 24.1 Å². The van der Waals surface area contributed by atoms with Gasteiger partial charge in [-0.1, -0.05) is 6.92 Å². The van der Waals surface area contributed by atoms with Crippen molar-refractivity contribution in [3.8, 4) is 0 Å². The summed E-state index contributed by atoms with van der Waals surface area (Å²) in [5, 5.41) is 3.40. The van der Waals surface area contributed by atoms with Gasteiger partial charge in [0.2, 0.25) is 0 Å². The molecular formula is C13H26N2O. The Morgan fingerprint density at radius 1 is 1.38 bits per heavy atom. The molecule has 1 N–H and O–H groups in total. The van der Waals surface area contributed by atoms with Crippen LogP contribution >= 0.6 is 0 Å². The summed E-state index contributed by atoms with van der Waals surface area (Å²) in [6.07, 6.45) is 5.70. The molecule has 2 rings (SSSR count). The summed E-state index contributed by atoms with van der Waals surface area (Å²) in [6.45, 7) is 8.85. The molecule has 3 heteroatoms. The van der Waals surface area contributed by atoms with E-state index in [1.807, 2.05) is 0 Å². The Morgan fingerprint density at radius 3 is 2.94 bits per heavy atom. The highest BCUT2D eigenvalue weighted by atomic mass is 16.5. The molecule has 2 fully saturated rings. The summed E-state index contributed by atoms with van der Waals surface area (Å²) < 4.78 is 5.75. The molecule has 0 spiro atoms. The highest BCUT2D eigenvalue weighted by Gasteiger charge is 2.29. The van der Waals surface area contributed by atoms with E-state index in [0.29, 0.717) is 6.10 Å². The summed E-state index contributed by atoms with van der Waals surface area (Å²) in [4.78, 5) is 2.69. The Bertz CT molecular complexity index is 204. The summed E-state index contributed by atoms with van der Waals surface area (Å²) in [5.41, 5.74) is 0. The predicted molar refractivity (Wildman–Crippen MR) is 66.7 cm³/mol. The van der Waals surface area contributed by atoms with Crippen molar-refractivity contribution in [1.29, 1.82) is 0 Å². The number of morpholine rings is 1. The van der Waals surface area contributed by atoms with Crippen molar-refractivity contribution in [1.82, 2.24) is 10.2 Å². The highest BCUT2D eigenvalue weighted by molar-refractivity contribution is 4.85. The van der Waals surface area contributed by atoms with Crippen LogP contribution in [0.4, 0.5) is 0 Å². The molecule has 0 aromatic heterocycles. The Kier molecular flexibility index (Phi) is 4.62. The fraction of sp³-hybridized carbons (Fsp3) is 1.00. The monoisotopic (exact) mass is 226 g/mol. The van der Waals surface area contributed by atoms with E-state index in [0.717, 1.165) is 31.8 Å². The Balaban J connectivity index is 1.74. The zero-order valence-corrected chi connectivity index (χ0v) is 10.7. The van der Waals surface area contributed by atoms with Crippen molar-refractivity contribution >= 4 is 0 Å². The second-order valence-corrected chi connectivity index (χ2v) is 5.21. The van der Waals surface area contributed by atoms with Gasteiger partial charge >= 0.3 is 0 Å². The zero-order valence-electron chi connectivity index (χ0n) is 10.7. The minimum absolute atomic E-state index is 0.444. The number of nitrogens with zero attached hydrogens (tertiary/aromatic N) is 1. The lowest BCUT2D eigenvalue weighted by Crippen LogP contribution is -2.42. The van der Waals surface area contributed by atoms with Crippen LogP contribution in [0.15, 0.2) is 0 Å². The largest absolute Gasteiger partial charge is 0.376 e. The van der Waals surface area contributed by atoms with Crippen LogP contribution in [-0.4, -0.2) is 49.3 Å². The smallest absolute Gasteiger partial charge is 0.0712 e. The third-order valence-corrected chi connectivity index (χ3v) is 4.14. The molecule has 2 aliphatic rings. The molecule has 0 bridgehead atoms. The molecule has 2 heterocycles. The van der Waals surface area contributed by atoms with Crippen molar-refractivity contribution in [3.63, 3.8) is 0 Å². The van der Waals surface area contributed by atoms with Crippen molar-refractivity contribution in [2.24, 2.45) is 0 Å². The maximum Gasteiger partial charge on any atom is 0.0712 e. The third-order valence-electron chi connectivity index (χ3n) is 4.14. The molecule has 16 heavy (non-hydrogen) atoms. The molecule has 3 unspecified atom stereocenters. The molecule has 0 aromatic carbocycles. The summed E-state index contributed by atoms with van der Waals surface area (Å²) in [6, 6.07) is 1.60. The van der Waals surface area contributed by atoms with Gasteiger partial charge < -0.3 is 10.1 Å². The summed E-state index contributed by atoms with van der Waals surface area (Å²) >= 11 is 0. The number of nitrogens with one attached hydrogen (secondary N) is 1. The van der Waals surface area contributed by atoms with Gasteiger partial charge in [-0.3, -0.25) is 4.90 Å². The Morgan fingerprint density at radius 2 is 2.25 bits per heavy atom. The van der Waals surface area contributed by atoms with Gasteiger partial charge in [-0.25, -0.2) is 0 Å². The van der Waals surface area contributed by atoms with Crippen molar-refractivity contribution < 1.29 is 4.74 Å². The van der Waals surface area contributed by atoms with Gasteiger partial charge in [0, 0.05) is 31.7 Å². The molecule has 0 aliphatic carbocycles. The number of rotatable bonds is 4. The van der Waals surface area contributed by atoms with Crippen molar-refractivity contribution in [2.45, 2.75) is 57.7 Å². The van der Waals surface area contributed by atoms with Gasteiger partial charge in [0.25, 0.3) is 0 Å². The summed E-state index contributed by atoms with van der Waals surface area (Å²) in [7, 11) is 0. The zero-order chi connectivity index (χ0) is 11.4. The van der Waals surface area contributed by atoms with E-state index in [4.69, 9.17) is 4.74 Å². The van der Waals surface area contributed by atoms with Gasteiger partial charge in [-0.2, -0.15) is 0 Å². The Hall–Kier alpha value is -0.120. The van der Waals surface area contributed by atoms with Gasteiger partial charge in [-0.05, 0) is 32.6 Å². The second-order valence-electron chi connectivity index (χ2n) is 5.21. The highest BCUT2D eigenvalue weighted by Crippen LogP contribution is 2.26. The molecule has 2 saturated heterocycles. The normalized spacial score (nSPS) is 36.8. The fourth-order valence-corrected chi connectivity index (χ4v) is 3.06. The van der Waals surface area contributed by atoms with Gasteiger partial charge in [0.1, 0.15) is 0 Å². The molecule has 3 nitrogen and oxygen atoms in total. The van der Waals surface area contributed by atoms with Crippen LogP contribution < -0.4 is 5.32 Å². The van der Waals surface area contributed by atoms with Crippen LogP contribution in [0.5, 0.6) is 0 Å². The molecule has 2 aliphatic heterocycles. The molecule has 94 valence electrons. The Labute approximate surface area is 99.5 Å². The molecule has 0 amide bonds. The van der Waals surface area contributed by atoms with Gasteiger partial charge in [0.05, 0.1) is 12.7 Å². The first-order valence-electron chi connectivity index (χ1n) is 6.89. The number of hydrogen-bond acceptors (Lipinski definition) is 3. The van der Waals surface area contributed by atoms with E-state index in [1.54, 1.807) is 0 Å². The van der Waals surface area contributed by atoms with Crippen molar-refractivity contribution in [3.05, 3.63) is 0 Å². The molecule has 0 radical (unpaired) electrons. The lowest BCUT2D eigenvalue weighted by molar-refractivity contribution is 0.0142. The molecule has 0 saturated carbocycles. The molecule has 3 atom stereocenters. The van der Waals surface area contributed by atoms with E-state index >= 15 is 0 Å². The topological polar surface area (TPSA) is 24.5 Å². The van der Waals surface area contributed by atoms with Crippen LogP contribution in [-0.2, 0) is 4.74 Å². The van der Waals surface area contributed by atoms with Gasteiger partial charge in [0.15, 0.2) is 0 Å². The van der Waals surface area contributed by atoms with E-state index in [-0.39, 0.29) is 0 Å². The third kappa shape index (κ3) is 2.96. The maximum atomic E-state index is 5.75. The lowest BCUT2D eigenvalue weighted by Gasteiger charge is -2.31. The SMILES string of the molecule is CCC1CCC(C)N1CCC1CNCCO1. The van der Waals surface area contributed by atoms with Crippen molar-refractivity contribution in [2.75, 3.05) is 26.2 Å².